The maximum atomic E-state index is 2.34. The third-order valence-corrected chi connectivity index (χ3v) is 5.77. The standard InChI is InChI=1S/C21H17.2ClH.Zr/c1-2-8-19-17-11-5-6-12-18(17)20-14-7-13-16(21(19)20)15-9-3-4-10-15;;;/h2-3,5-9,11-14,19H,4H2,1H3;2*1H;/q;;;+2/p-2. The first-order valence-corrected chi connectivity index (χ1v) is 9.01. The Labute approximate surface area is 171 Å². The SMILES string of the molecule is CC=CC1c2ccccc2-c2cccc(C3=[C]([Zr+2])CC=C3)c21.[Cl-].[Cl-]. The van der Waals surface area contributed by atoms with Crippen LogP contribution in [0.1, 0.15) is 36.0 Å². The number of hydrogen-bond acceptors (Lipinski definition) is 0. The summed E-state index contributed by atoms with van der Waals surface area (Å²) in [5.41, 5.74) is 8.62. The van der Waals surface area contributed by atoms with Crippen LogP contribution in [-0.2, 0) is 24.7 Å². The molecule has 2 aromatic rings. The molecule has 119 valence electrons. The second-order valence-electron chi connectivity index (χ2n) is 5.86. The van der Waals surface area contributed by atoms with E-state index in [9.17, 15) is 0 Å². The summed E-state index contributed by atoms with van der Waals surface area (Å²) < 4.78 is 1.57. The van der Waals surface area contributed by atoms with Crippen LogP contribution < -0.4 is 24.8 Å². The van der Waals surface area contributed by atoms with Gasteiger partial charge in [-0.2, -0.15) is 0 Å². The molecule has 24 heavy (non-hydrogen) atoms. The third kappa shape index (κ3) is 3.03. The molecular weight excluding hydrogens is 414 g/mol. The van der Waals surface area contributed by atoms with Crippen molar-refractivity contribution in [1.29, 1.82) is 0 Å². The van der Waals surface area contributed by atoms with E-state index in [1.165, 1.54) is 58.1 Å². The molecule has 0 amide bonds. The molecular formula is C21H17Cl2Zr. The second-order valence-corrected chi connectivity index (χ2v) is 7.34. The molecule has 2 aliphatic rings. The van der Waals surface area contributed by atoms with Gasteiger partial charge in [0, 0.05) is 0 Å². The van der Waals surface area contributed by atoms with E-state index in [1.54, 1.807) is 3.28 Å². The van der Waals surface area contributed by atoms with Gasteiger partial charge in [-0.1, -0.05) is 0 Å². The van der Waals surface area contributed by atoms with Crippen LogP contribution in [0.25, 0.3) is 16.7 Å². The van der Waals surface area contributed by atoms with Crippen LogP contribution in [0.4, 0.5) is 0 Å². The second kappa shape index (κ2) is 8.00. The Morgan fingerprint density at radius 2 is 1.67 bits per heavy atom. The van der Waals surface area contributed by atoms with Crippen molar-refractivity contribution in [2.45, 2.75) is 19.3 Å². The van der Waals surface area contributed by atoms with Crippen LogP contribution in [0.3, 0.4) is 0 Å². The van der Waals surface area contributed by atoms with Crippen molar-refractivity contribution in [3.63, 3.8) is 0 Å². The number of benzene rings is 2. The monoisotopic (exact) mass is 429 g/mol. The predicted octanol–water partition coefficient (Wildman–Crippen LogP) is -0.399. The minimum absolute atomic E-state index is 0. The summed E-state index contributed by atoms with van der Waals surface area (Å²) >= 11 is 1.54. The zero-order valence-electron chi connectivity index (χ0n) is 13.4. The maximum Gasteiger partial charge on any atom is -1.00 e. The minimum atomic E-state index is 0. The first-order valence-electron chi connectivity index (χ1n) is 7.78. The Bertz CT molecular complexity index is 847. The molecule has 0 aliphatic heterocycles. The van der Waals surface area contributed by atoms with Crippen molar-refractivity contribution >= 4 is 5.57 Å². The minimum Gasteiger partial charge on any atom is -1.00 e. The van der Waals surface area contributed by atoms with Crippen molar-refractivity contribution in [3.05, 3.63) is 86.7 Å². The Hall–Kier alpha value is -0.877. The molecule has 0 fully saturated rings. The van der Waals surface area contributed by atoms with Gasteiger partial charge in [0.05, 0.1) is 0 Å². The van der Waals surface area contributed by atoms with Gasteiger partial charge in [-0.15, -0.1) is 0 Å². The molecule has 2 aromatic carbocycles. The van der Waals surface area contributed by atoms with Crippen LogP contribution in [0.2, 0.25) is 0 Å². The van der Waals surface area contributed by atoms with Gasteiger partial charge in [-0.3, -0.25) is 0 Å². The van der Waals surface area contributed by atoms with Gasteiger partial charge in [0.15, 0.2) is 0 Å². The van der Waals surface area contributed by atoms with E-state index in [0.717, 1.165) is 6.42 Å². The van der Waals surface area contributed by atoms with Gasteiger partial charge in [0.1, 0.15) is 0 Å². The Morgan fingerprint density at radius 3 is 2.38 bits per heavy atom. The Kier molecular flexibility index (Phi) is 6.48. The first kappa shape index (κ1) is 19.4. The Balaban J connectivity index is 0.00000104. The molecule has 4 rings (SSSR count). The van der Waals surface area contributed by atoms with Gasteiger partial charge in [0.2, 0.25) is 0 Å². The fraction of sp³-hybridized carbons (Fsp3) is 0.143. The van der Waals surface area contributed by atoms with Gasteiger partial charge in [-0.05, 0) is 0 Å². The zero-order valence-corrected chi connectivity index (χ0v) is 17.4. The van der Waals surface area contributed by atoms with E-state index in [2.05, 4.69) is 73.7 Å². The third-order valence-electron chi connectivity index (χ3n) is 4.61. The van der Waals surface area contributed by atoms with E-state index in [0.29, 0.717) is 5.92 Å². The smallest absolute Gasteiger partial charge is 1.00 e. The van der Waals surface area contributed by atoms with Crippen LogP contribution in [-0.4, -0.2) is 0 Å². The molecule has 0 bridgehead atoms. The molecule has 0 radical (unpaired) electrons. The van der Waals surface area contributed by atoms with Gasteiger partial charge >= 0.3 is 147 Å². The average molecular weight is 431 g/mol. The van der Waals surface area contributed by atoms with Crippen molar-refractivity contribution in [2.75, 3.05) is 0 Å². The summed E-state index contributed by atoms with van der Waals surface area (Å²) in [6.07, 6.45) is 10.3. The fourth-order valence-corrected chi connectivity index (χ4v) is 4.51. The van der Waals surface area contributed by atoms with Crippen LogP contribution in [0, 0.1) is 0 Å². The fourth-order valence-electron chi connectivity index (χ4n) is 3.69. The zero-order chi connectivity index (χ0) is 15.1. The van der Waals surface area contributed by atoms with Crippen LogP contribution in [0.5, 0.6) is 0 Å². The molecule has 0 aromatic heterocycles. The maximum absolute atomic E-state index is 2.34. The molecule has 1 unspecified atom stereocenters. The van der Waals surface area contributed by atoms with Crippen molar-refractivity contribution in [3.8, 4) is 11.1 Å². The summed E-state index contributed by atoms with van der Waals surface area (Å²) in [5, 5.41) is 0. The summed E-state index contributed by atoms with van der Waals surface area (Å²) in [7, 11) is 0. The summed E-state index contributed by atoms with van der Waals surface area (Å²) in [5.74, 6) is 0.387. The number of halogens is 2. The summed E-state index contributed by atoms with van der Waals surface area (Å²) in [4.78, 5) is 0. The molecule has 2 aliphatic carbocycles. The molecule has 0 saturated heterocycles. The van der Waals surface area contributed by atoms with Crippen molar-refractivity contribution in [2.24, 2.45) is 0 Å². The van der Waals surface area contributed by atoms with E-state index in [1.807, 2.05) is 0 Å². The average Bonchev–Trinajstić information content (AvgIpc) is 3.10. The topological polar surface area (TPSA) is 0 Å². The Morgan fingerprint density at radius 1 is 0.958 bits per heavy atom. The van der Waals surface area contributed by atoms with Crippen molar-refractivity contribution < 1.29 is 49.5 Å². The molecule has 0 N–H and O–H groups in total. The van der Waals surface area contributed by atoms with Crippen LogP contribution >= 0.6 is 0 Å². The summed E-state index contributed by atoms with van der Waals surface area (Å²) in [6, 6.07) is 15.6. The molecule has 0 nitrogen and oxygen atoms in total. The number of hydrogen-bond donors (Lipinski definition) is 0. The molecule has 0 saturated carbocycles. The normalized spacial score (nSPS) is 17.5. The summed E-state index contributed by atoms with van der Waals surface area (Å²) in [6.45, 7) is 2.12. The van der Waals surface area contributed by atoms with Crippen molar-refractivity contribution in [1.82, 2.24) is 0 Å². The largest absolute Gasteiger partial charge is 1.00 e. The van der Waals surface area contributed by atoms with E-state index in [4.69, 9.17) is 0 Å². The van der Waals surface area contributed by atoms with E-state index in [-0.39, 0.29) is 24.8 Å². The first-order chi connectivity index (χ1) is 10.8. The van der Waals surface area contributed by atoms with E-state index < -0.39 is 0 Å². The quantitative estimate of drug-likeness (QED) is 0.568. The molecule has 3 heteroatoms. The van der Waals surface area contributed by atoms with Gasteiger partial charge in [-0.25, -0.2) is 0 Å². The van der Waals surface area contributed by atoms with Gasteiger partial charge < -0.3 is 24.8 Å². The van der Waals surface area contributed by atoms with E-state index >= 15 is 0 Å². The number of fused-ring (bicyclic) bond motifs is 3. The number of allylic oxidation sites excluding steroid dienone is 6. The van der Waals surface area contributed by atoms with Crippen LogP contribution in [0.15, 0.2) is 70.0 Å². The number of rotatable bonds is 2. The molecule has 0 spiro atoms. The molecule has 0 heterocycles. The predicted molar refractivity (Wildman–Crippen MR) is 89.2 cm³/mol. The molecule has 1 atom stereocenters. The van der Waals surface area contributed by atoms with Gasteiger partial charge in [0.25, 0.3) is 0 Å².